The maximum absolute atomic E-state index is 12.7. The Morgan fingerprint density at radius 2 is 1.63 bits per heavy atom. The molecule has 4 rings (SSSR count). The first-order chi connectivity index (χ1) is 17.0. The van der Waals surface area contributed by atoms with Crippen LogP contribution in [0.25, 0.3) is 11.1 Å². The summed E-state index contributed by atoms with van der Waals surface area (Å²) in [7, 11) is 0. The fourth-order valence-electron chi connectivity index (χ4n) is 5.47. The molecule has 2 aliphatic carbocycles. The highest BCUT2D eigenvalue weighted by Crippen LogP contribution is 2.44. The zero-order valence-corrected chi connectivity index (χ0v) is 20.2. The van der Waals surface area contributed by atoms with E-state index in [2.05, 4.69) is 34.9 Å². The first kappa shape index (κ1) is 24.8. The van der Waals surface area contributed by atoms with Gasteiger partial charge in [-0.3, -0.25) is 9.59 Å². The van der Waals surface area contributed by atoms with Gasteiger partial charge in [0.25, 0.3) is 0 Å². The van der Waals surface area contributed by atoms with Gasteiger partial charge in [-0.25, -0.2) is 4.79 Å². The van der Waals surface area contributed by atoms with Gasteiger partial charge in [-0.1, -0.05) is 74.7 Å². The average molecular weight is 479 g/mol. The summed E-state index contributed by atoms with van der Waals surface area (Å²) in [5, 5.41) is 15.2. The molecule has 0 spiro atoms. The Bertz CT molecular complexity index is 1020. The zero-order chi connectivity index (χ0) is 24.8. The molecular formula is C28H34N2O5. The minimum absolute atomic E-state index is 0.0275. The lowest BCUT2D eigenvalue weighted by Crippen LogP contribution is -2.47. The van der Waals surface area contributed by atoms with Gasteiger partial charge in [0.2, 0.25) is 5.91 Å². The van der Waals surface area contributed by atoms with E-state index < -0.39 is 18.0 Å². The molecule has 2 aromatic carbocycles. The summed E-state index contributed by atoms with van der Waals surface area (Å²) in [5.41, 5.74) is 4.62. The number of carboxylic acids is 1. The number of alkyl carbamates (subject to hydrolysis) is 1. The van der Waals surface area contributed by atoms with Crippen molar-refractivity contribution in [2.45, 2.75) is 69.9 Å². The Kier molecular flexibility index (Phi) is 8.06. The fourth-order valence-corrected chi connectivity index (χ4v) is 5.47. The Hall–Kier alpha value is -3.35. The van der Waals surface area contributed by atoms with Crippen LogP contribution in [-0.4, -0.2) is 41.8 Å². The molecule has 7 heteroatoms. The molecule has 2 aliphatic rings. The summed E-state index contributed by atoms with van der Waals surface area (Å²) in [5.74, 6) is -1.68. The number of benzene rings is 2. The third-order valence-electron chi connectivity index (χ3n) is 7.16. The summed E-state index contributed by atoms with van der Waals surface area (Å²) in [6, 6.07) is 15.6. The molecule has 2 aromatic rings. The van der Waals surface area contributed by atoms with E-state index in [-0.39, 0.29) is 36.9 Å². The van der Waals surface area contributed by atoms with E-state index in [4.69, 9.17) is 4.74 Å². The van der Waals surface area contributed by atoms with E-state index in [0.29, 0.717) is 19.3 Å². The number of carboxylic acid groups (broad SMARTS) is 1. The van der Waals surface area contributed by atoms with E-state index in [0.717, 1.165) is 30.4 Å². The van der Waals surface area contributed by atoms with Crippen molar-refractivity contribution in [3.05, 3.63) is 59.7 Å². The number of hydrogen-bond acceptors (Lipinski definition) is 4. The van der Waals surface area contributed by atoms with Gasteiger partial charge in [0.05, 0.1) is 5.92 Å². The molecule has 0 heterocycles. The van der Waals surface area contributed by atoms with E-state index in [9.17, 15) is 19.5 Å². The van der Waals surface area contributed by atoms with Crippen molar-refractivity contribution in [1.29, 1.82) is 0 Å². The van der Waals surface area contributed by atoms with Crippen LogP contribution in [0.2, 0.25) is 0 Å². The Morgan fingerprint density at radius 3 is 2.26 bits per heavy atom. The van der Waals surface area contributed by atoms with Crippen LogP contribution >= 0.6 is 0 Å². The van der Waals surface area contributed by atoms with Gasteiger partial charge < -0.3 is 20.5 Å². The van der Waals surface area contributed by atoms with E-state index in [1.54, 1.807) is 0 Å². The first-order valence-corrected chi connectivity index (χ1v) is 12.6. The second kappa shape index (κ2) is 11.4. The number of rotatable bonds is 9. The van der Waals surface area contributed by atoms with Gasteiger partial charge in [0.15, 0.2) is 0 Å². The van der Waals surface area contributed by atoms with Crippen LogP contribution < -0.4 is 10.6 Å². The Morgan fingerprint density at radius 1 is 1.00 bits per heavy atom. The molecule has 1 saturated carbocycles. The van der Waals surface area contributed by atoms with Crippen LogP contribution in [0.15, 0.2) is 48.5 Å². The summed E-state index contributed by atoms with van der Waals surface area (Å²) in [6.45, 7) is 2.21. The number of amides is 2. The molecular weight excluding hydrogens is 444 g/mol. The summed E-state index contributed by atoms with van der Waals surface area (Å²) >= 11 is 0. The molecule has 0 aliphatic heterocycles. The molecule has 2 amide bonds. The number of aliphatic carboxylic acids is 1. The van der Waals surface area contributed by atoms with E-state index in [1.807, 2.05) is 31.2 Å². The Labute approximate surface area is 206 Å². The van der Waals surface area contributed by atoms with Crippen LogP contribution in [0.3, 0.4) is 0 Å². The third-order valence-corrected chi connectivity index (χ3v) is 7.16. The number of nitrogens with one attached hydrogen (secondary N) is 2. The van der Waals surface area contributed by atoms with Gasteiger partial charge in [0, 0.05) is 24.4 Å². The minimum Gasteiger partial charge on any atom is -0.481 e. The molecule has 186 valence electrons. The lowest BCUT2D eigenvalue weighted by Gasteiger charge is -2.30. The van der Waals surface area contributed by atoms with Crippen LogP contribution in [0.5, 0.6) is 0 Å². The predicted octanol–water partition coefficient (Wildman–Crippen LogP) is 4.84. The first-order valence-electron chi connectivity index (χ1n) is 12.6. The molecule has 3 N–H and O–H groups in total. The van der Waals surface area contributed by atoms with Crippen molar-refractivity contribution in [3.8, 4) is 11.1 Å². The van der Waals surface area contributed by atoms with Gasteiger partial charge in [0.1, 0.15) is 6.61 Å². The molecule has 0 aromatic heterocycles. The number of hydrogen-bond donors (Lipinski definition) is 3. The van der Waals surface area contributed by atoms with Crippen molar-refractivity contribution in [3.63, 3.8) is 0 Å². The van der Waals surface area contributed by atoms with Gasteiger partial charge in [-0.15, -0.1) is 0 Å². The molecule has 7 nitrogen and oxygen atoms in total. The van der Waals surface area contributed by atoms with E-state index >= 15 is 0 Å². The quantitative estimate of drug-likeness (QED) is 0.478. The normalized spacial score (nSPS) is 19.8. The highest BCUT2D eigenvalue weighted by Gasteiger charge is 2.33. The highest BCUT2D eigenvalue weighted by atomic mass is 16.5. The lowest BCUT2D eigenvalue weighted by molar-refractivity contribution is -0.144. The summed E-state index contributed by atoms with van der Waals surface area (Å²) in [4.78, 5) is 36.9. The maximum atomic E-state index is 12.7. The molecule has 0 radical (unpaired) electrons. The number of carbonyl (C=O) groups is 3. The van der Waals surface area contributed by atoms with Crippen LogP contribution in [0, 0.1) is 5.92 Å². The summed E-state index contributed by atoms with van der Waals surface area (Å²) < 4.78 is 5.64. The molecule has 0 saturated heterocycles. The fraction of sp³-hybridized carbons (Fsp3) is 0.464. The van der Waals surface area contributed by atoms with E-state index in [1.165, 1.54) is 11.1 Å². The Balaban J connectivity index is 1.33. The van der Waals surface area contributed by atoms with Crippen molar-refractivity contribution >= 4 is 18.0 Å². The smallest absolute Gasteiger partial charge is 0.407 e. The van der Waals surface area contributed by atoms with Crippen molar-refractivity contribution in [2.75, 3.05) is 6.61 Å². The van der Waals surface area contributed by atoms with Gasteiger partial charge >= 0.3 is 12.1 Å². The third kappa shape index (κ3) is 5.84. The SMILES string of the molecule is CCC[C@@H](CC(=O)N[C@H]1CCCC[C@H]1C(=O)O)NC(=O)OCC1c2ccccc2-c2ccccc21. The van der Waals surface area contributed by atoms with Crippen molar-refractivity contribution < 1.29 is 24.2 Å². The van der Waals surface area contributed by atoms with Crippen LogP contribution in [-0.2, 0) is 14.3 Å². The monoisotopic (exact) mass is 478 g/mol. The lowest BCUT2D eigenvalue weighted by atomic mass is 9.84. The zero-order valence-electron chi connectivity index (χ0n) is 20.2. The van der Waals surface area contributed by atoms with Gasteiger partial charge in [-0.2, -0.15) is 0 Å². The molecule has 35 heavy (non-hydrogen) atoms. The standard InChI is InChI=1S/C28H34N2O5/c1-2-9-18(16-26(31)30-25-15-8-7-14-23(25)27(32)33)29-28(34)35-17-24-21-12-5-3-10-19(21)20-11-4-6-13-22(20)24/h3-6,10-13,18,23-25H,2,7-9,14-17H2,1H3,(H,29,34)(H,30,31)(H,32,33)/t18-,23+,25-/m0/s1. The largest absolute Gasteiger partial charge is 0.481 e. The van der Waals surface area contributed by atoms with Crippen LogP contribution in [0.4, 0.5) is 4.79 Å². The van der Waals surface area contributed by atoms with Crippen LogP contribution in [0.1, 0.15) is 68.9 Å². The van der Waals surface area contributed by atoms with Crippen molar-refractivity contribution in [2.24, 2.45) is 5.92 Å². The number of ether oxygens (including phenoxy) is 1. The second-order valence-electron chi connectivity index (χ2n) is 9.56. The minimum atomic E-state index is -0.864. The predicted molar refractivity (Wildman–Crippen MR) is 133 cm³/mol. The summed E-state index contributed by atoms with van der Waals surface area (Å²) in [6.07, 6.45) is 4.00. The molecule has 0 bridgehead atoms. The molecule has 3 atom stereocenters. The molecule has 0 unspecified atom stereocenters. The van der Waals surface area contributed by atoms with Gasteiger partial charge in [-0.05, 0) is 41.5 Å². The molecule has 1 fully saturated rings. The van der Waals surface area contributed by atoms with Crippen molar-refractivity contribution in [1.82, 2.24) is 10.6 Å². The number of fused-ring (bicyclic) bond motifs is 3. The average Bonchev–Trinajstić information content (AvgIpc) is 3.17. The maximum Gasteiger partial charge on any atom is 0.407 e. The second-order valence-corrected chi connectivity index (χ2v) is 9.56. The highest BCUT2D eigenvalue weighted by molar-refractivity contribution is 5.80. The number of carbonyl (C=O) groups excluding carboxylic acids is 2. The topological polar surface area (TPSA) is 105 Å².